The van der Waals surface area contributed by atoms with Crippen molar-refractivity contribution in [2.24, 2.45) is 0 Å². The molecule has 1 aliphatic rings. The molecule has 2 aromatic rings. The van der Waals surface area contributed by atoms with E-state index in [1.807, 2.05) is 0 Å². The van der Waals surface area contributed by atoms with Crippen LogP contribution in [0.1, 0.15) is 31.6 Å². The molecular weight excluding hydrogens is 338 g/mol. The van der Waals surface area contributed by atoms with E-state index < -0.39 is 0 Å². The highest BCUT2D eigenvalue weighted by Gasteiger charge is 2.26. The predicted molar refractivity (Wildman–Crippen MR) is 79.5 cm³/mol. The lowest BCUT2D eigenvalue weighted by atomic mass is 9.91. The van der Waals surface area contributed by atoms with Gasteiger partial charge in [0.15, 0.2) is 10.4 Å². The zero-order valence-electron chi connectivity index (χ0n) is 11.7. The number of aliphatic hydroxyl groups excluding tert-OH is 1. The van der Waals surface area contributed by atoms with E-state index in [4.69, 9.17) is 13.9 Å². The van der Waals surface area contributed by atoms with Gasteiger partial charge in [0, 0.05) is 19.2 Å². The van der Waals surface area contributed by atoms with E-state index in [0.29, 0.717) is 34.8 Å². The summed E-state index contributed by atoms with van der Waals surface area (Å²) in [5.74, 6) is 1.54. The van der Waals surface area contributed by atoms with E-state index in [-0.39, 0.29) is 6.61 Å². The van der Waals surface area contributed by atoms with Crippen molar-refractivity contribution < 1.29 is 13.9 Å². The highest BCUT2D eigenvalue weighted by Crippen LogP contribution is 2.27. The van der Waals surface area contributed by atoms with Gasteiger partial charge in [0.1, 0.15) is 0 Å². The van der Waals surface area contributed by atoms with Crippen molar-refractivity contribution in [3.05, 3.63) is 22.7 Å². The van der Waals surface area contributed by atoms with Gasteiger partial charge in [-0.2, -0.15) is 0 Å². The zero-order valence-corrected chi connectivity index (χ0v) is 13.3. The zero-order chi connectivity index (χ0) is 14.7. The summed E-state index contributed by atoms with van der Waals surface area (Å²) in [6.07, 6.45) is 4.45. The van der Waals surface area contributed by atoms with Crippen molar-refractivity contribution in [1.82, 2.24) is 15.1 Å². The molecule has 7 heteroatoms. The lowest BCUT2D eigenvalue weighted by molar-refractivity contribution is 0.0997. The lowest BCUT2D eigenvalue weighted by Crippen LogP contribution is -2.40. The topological polar surface area (TPSA) is 75.5 Å². The molecule has 1 N–H and O–H groups in total. The van der Waals surface area contributed by atoms with Gasteiger partial charge in [-0.15, -0.1) is 10.2 Å². The highest BCUT2D eigenvalue weighted by molar-refractivity contribution is 9.10. The quantitative estimate of drug-likeness (QED) is 0.822. The Balaban J connectivity index is 1.66. The van der Waals surface area contributed by atoms with Crippen LogP contribution in [0.5, 0.6) is 0 Å². The summed E-state index contributed by atoms with van der Waals surface area (Å²) in [7, 11) is 0. The first-order chi connectivity index (χ1) is 10.3. The number of rotatable bonds is 7. The number of aromatic nitrogens is 2. The molecule has 2 heterocycles. The molecule has 0 atom stereocenters. The van der Waals surface area contributed by atoms with Crippen molar-refractivity contribution in [1.29, 1.82) is 0 Å². The Bertz CT molecular complexity index is 580. The van der Waals surface area contributed by atoms with Gasteiger partial charge in [-0.3, -0.25) is 4.90 Å². The Morgan fingerprint density at radius 1 is 1.29 bits per heavy atom. The smallest absolute Gasteiger partial charge is 0.283 e. The number of aliphatic hydroxyl groups is 1. The van der Waals surface area contributed by atoms with Crippen LogP contribution in [0.3, 0.4) is 0 Å². The summed E-state index contributed by atoms with van der Waals surface area (Å²) >= 11 is 3.25. The number of halogens is 1. The van der Waals surface area contributed by atoms with E-state index >= 15 is 0 Å². The van der Waals surface area contributed by atoms with Gasteiger partial charge in [0.2, 0.25) is 5.89 Å². The molecule has 0 aromatic carbocycles. The van der Waals surface area contributed by atoms with E-state index in [0.717, 1.165) is 13.0 Å². The third-order valence-corrected chi connectivity index (χ3v) is 4.21. The number of furan rings is 1. The maximum atomic E-state index is 9.01. The van der Waals surface area contributed by atoms with E-state index in [9.17, 15) is 0 Å². The molecular formula is C14H18BrN3O3. The predicted octanol–water partition coefficient (Wildman–Crippen LogP) is 2.83. The third-order valence-electron chi connectivity index (χ3n) is 3.78. The summed E-state index contributed by atoms with van der Waals surface area (Å²) in [5.41, 5.74) is 0. The van der Waals surface area contributed by atoms with Crippen LogP contribution in [0.4, 0.5) is 0 Å². The lowest BCUT2D eigenvalue weighted by Gasteiger charge is -2.36. The summed E-state index contributed by atoms with van der Waals surface area (Å²) in [6.45, 7) is 1.68. The van der Waals surface area contributed by atoms with Crippen molar-refractivity contribution in [2.45, 2.75) is 38.3 Å². The summed E-state index contributed by atoms with van der Waals surface area (Å²) in [6, 6.07) is 4.16. The van der Waals surface area contributed by atoms with Crippen LogP contribution >= 0.6 is 15.9 Å². The number of hydrogen-bond acceptors (Lipinski definition) is 6. The Labute approximate surface area is 131 Å². The average Bonchev–Trinajstić information content (AvgIpc) is 3.02. The maximum Gasteiger partial charge on any atom is 0.283 e. The molecule has 114 valence electrons. The molecule has 0 bridgehead atoms. The van der Waals surface area contributed by atoms with Gasteiger partial charge in [-0.1, -0.05) is 6.42 Å². The van der Waals surface area contributed by atoms with Crippen LogP contribution in [0.2, 0.25) is 0 Å². The first-order valence-electron chi connectivity index (χ1n) is 7.19. The minimum absolute atomic E-state index is 0.207. The number of nitrogens with zero attached hydrogens (tertiary/aromatic N) is 3. The second-order valence-corrected chi connectivity index (χ2v) is 6.02. The molecule has 0 aliphatic heterocycles. The summed E-state index contributed by atoms with van der Waals surface area (Å²) in [5, 5.41) is 17.1. The van der Waals surface area contributed by atoms with Gasteiger partial charge in [-0.05, 0) is 47.3 Å². The first kappa shape index (κ1) is 14.7. The maximum absolute atomic E-state index is 9.01. The van der Waals surface area contributed by atoms with Crippen LogP contribution < -0.4 is 0 Å². The van der Waals surface area contributed by atoms with Crippen molar-refractivity contribution in [2.75, 3.05) is 13.2 Å². The molecule has 1 aliphatic carbocycles. The second kappa shape index (κ2) is 6.72. The van der Waals surface area contributed by atoms with Crippen LogP contribution in [-0.4, -0.2) is 39.4 Å². The fourth-order valence-electron chi connectivity index (χ4n) is 2.44. The SMILES string of the molecule is OCCCN(Cc1nnc(-c2ccc(Br)o2)o1)C1CCC1. The second-order valence-electron chi connectivity index (χ2n) is 5.24. The van der Waals surface area contributed by atoms with Crippen LogP contribution in [0.15, 0.2) is 25.6 Å². The molecule has 0 amide bonds. The third kappa shape index (κ3) is 3.53. The van der Waals surface area contributed by atoms with Crippen LogP contribution in [-0.2, 0) is 6.54 Å². The van der Waals surface area contributed by atoms with Gasteiger partial charge in [0.05, 0.1) is 6.54 Å². The standard InChI is InChI=1S/C14H18BrN3O3/c15-12-6-5-11(20-12)14-17-16-13(21-14)9-18(7-2-8-19)10-3-1-4-10/h5-6,10,19H,1-4,7-9H2. The van der Waals surface area contributed by atoms with Gasteiger partial charge in [0.25, 0.3) is 5.89 Å². The average molecular weight is 356 g/mol. The van der Waals surface area contributed by atoms with E-state index in [1.165, 1.54) is 19.3 Å². The molecule has 0 unspecified atom stereocenters. The molecule has 1 saturated carbocycles. The van der Waals surface area contributed by atoms with Crippen molar-refractivity contribution in [3.8, 4) is 11.7 Å². The molecule has 0 saturated heterocycles. The normalized spacial score (nSPS) is 15.6. The van der Waals surface area contributed by atoms with Crippen LogP contribution in [0, 0.1) is 0 Å². The molecule has 1 fully saturated rings. The minimum Gasteiger partial charge on any atom is -0.444 e. The molecule has 3 rings (SSSR count). The molecule has 21 heavy (non-hydrogen) atoms. The van der Waals surface area contributed by atoms with Crippen LogP contribution in [0.25, 0.3) is 11.7 Å². The molecule has 2 aromatic heterocycles. The Morgan fingerprint density at radius 3 is 2.76 bits per heavy atom. The molecule has 6 nitrogen and oxygen atoms in total. The largest absolute Gasteiger partial charge is 0.444 e. The fraction of sp³-hybridized carbons (Fsp3) is 0.571. The van der Waals surface area contributed by atoms with Gasteiger partial charge < -0.3 is 13.9 Å². The summed E-state index contributed by atoms with van der Waals surface area (Å²) < 4.78 is 11.7. The Morgan fingerprint density at radius 2 is 2.14 bits per heavy atom. The fourth-order valence-corrected chi connectivity index (χ4v) is 2.74. The Hall–Kier alpha value is -1.18. The van der Waals surface area contributed by atoms with Gasteiger partial charge >= 0.3 is 0 Å². The van der Waals surface area contributed by atoms with Gasteiger partial charge in [-0.25, -0.2) is 0 Å². The monoisotopic (exact) mass is 355 g/mol. The van der Waals surface area contributed by atoms with Crippen molar-refractivity contribution >= 4 is 15.9 Å². The highest BCUT2D eigenvalue weighted by atomic mass is 79.9. The molecule has 0 radical (unpaired) electrons. The Kier molecular flexibility index (Phi) is 4.72. The first-order valence-corrected chi connectivity index (χ1v) is 7.98. The minimum atomic E-state index is 0.207. The molecule has 0 spiro atoms. The number of hydrogen-bond donors (Lipinski definition) is 1. The van der Waals surface area contributed by atoms with E-state index in [2.05, 4.69) is 31.0 Å². The summed E-state index contributed by atoms with van der Waals surface area (Å²) in [4.78, 5) is 2.31. The van der Waals surface area contributed by atoms with Crippen molar-refractivity contribution in [3.63, 3.8) is 0 Å². The van der Waals surface area contributed by atoms with E-state index in [1.54, 1.807) is 12.1 Å².